The van der Waals surface area contributed by atoms with Gasteiger partial charge in [-0.15, -0.1) is 0 Å². The van der Waals surface area contributed by atoms with E-state index in [1.54, 1.807) is 11.6 Å². The Morgan fingerprint density at radius 3 is 2.02 bits per heavy atom. The Morgan fingerprint density at radius 2 is 1.34 bits per heavy atom. The van der Waals surface area contributed by atoms with Gasteiger partial charge < -0.3 is 14.2 Å². The van der Waals surface area contributed by atoms with E-state index in [0.717, 1.165) is 97.7 Å². The van der Waals surface area contributed by atoms with Gasteiger partial charge in [0.15, 0.2) is 5.78 Å². The zero-order valence-corrected chi connectivity index (χ0v) is 41.3. The summed E-state index contributed by atoms with van der Waals surface area (Å²) in [5.41, 5.74) is 3.95. The van der Waals surface area contributed by atoms with Crippen LogP contribution in [0.1, 0.15) is 212 Å². The second-order valence-corrected chi connectivity index (χ2v) is 21.8. The smallest absolute Gasteiger partial charge is 0.306 e. The van der Waals surface area contributed by atoms with E-state index in [1.165, 1.54) is 109 Å². The first-order valence-electron chi connectivity index (χ1n) is 26.6. The summed E-state index contributed by atoms with van der Waals surface area (Å²) >= 11 is 0. The number of hydrogen-bond acceptors (Lipinski definition) is 5. The number of hydrogen-bond donors (Lipinski definition) is 0. The number of unbranched alkanes of at least 4 members (excludes halogenated alkanes) is 10. The van der Waals surface area contributed by atoms with Crippen LogP contribution in [-0.2, 0) is 9.53 Å². The molecular formula is C59H88O5. The van der Waals surface area contributed by atoms with E-state index < -0.39 is 0 Å². The summed E-state index contributed by atoms with van der Waals surface area (Å²) in [7, 11) is 0. The van der Waals surface area contributed by atoms with Crippen LogP contribution in [0.4, 0.5) is 0 Å². The molecule has 0 saturated heterocycles. The topological polar surface area (TPSA) is 61.8 Å². The molecule has 4 aliphatic rings. The number of benzene rings is 2. The molecule has 3 fully saturated rings. The van der Waals surface area contributed by atoms with Crippen LogP contribution in [0.2, 0.25) is 0 Å². The summed E-state index contributed by atoms with van der Waals surface area (Å²) < 4.78 is 18.0. The lowest BCUT2D eigenvalue weighted by Crippen LogP contribution is -2.51. The molecule has 0 amide bonds. The van der Waals surface area contributed by atoms with Crippen LogP contribution in [0.3, 0.4) is 0 Å². The predicted molar refractivity (Wildman–Crippen MR) is 266 cm³/mol. The van der Waals surface area contributed by atoms with Gasteiger partial charge in [-0.05, 0) is 159 Å². The van der Waals surface area contributed by atoms with E-state index >= 15 is 0 Å². The molecule has 3 saturated carbocycles. The molecule has 8 atom stereocenters. The lowest BCUT2D eigenvalue weighted by Gasteiger charge is -2.58. The molecule has 0 aromatic heterocycles. The lowest BCUT2D eigenvalue weighted by atomic mass is 9.47. The van der Waals surface area contributed by atoms with Gasteiger partial charge in [-0.3, -0.25) is 9.59 Å². The fourth-order valence-electron chi connectivity index (χ4n) is 13.0. The van der Waals surface area contributed by atoms with Crippen LogP contribution >= 0.6 is 0 Å². The van der Waals surface area contributed by atoms with Crippen LogP contribution in [0.15, 0.2) is 66.3 Å². The summed E-state index contributed by atoms with van der Waals surface area (Å²) in [6, 6.07) is 15.3. The first-order valence-corrected chi connectivity index (χ1v) is 26.6. The number of rotatable bonds is 27. The fraction of sp³-hybridized carbons (Fsp3) is 0.695. The molecule has 354 valence electrons. The van der Waals surface area contributed by atoms with Crippen LogP contribution in [0, 0.1) is 46.3 Å². The van der Waals surface area contributed by atoms with Crippen LogP contribution < -0.4 is 9.47 Å². The Morgan fingerprint density at radius 1 is 0.703 bits per heavy atom. The third-order valence-electron chi connectivity index (χ3n) is 16.8. The maximum absolute atomic E-state index is 13.0. The Hall–Kier alpha value is -3.34. The number of carbonyl (C=O) groups is 2. The average Bonchev–Trinajstić information content (AvgIpc) is 3.65. The first kappa shape index (κ1) is 50.1. The van der Waals surface area contributed by atoms with Crippen molar-refractivity contribution in [2.45, 2.75) is 202 Å². The second-order valence-electron chi connectivity index (χ2n) is 21.8. The number of allylic oxidation sites excluding steroid dienone is 2. The van der Waals surface area contributed by atoms with Crippen LogP contribution in [0.5, 0.6) is 11.5 Å². The number of esters is 1. The lowest BCUT2D eigenvalue weighted by molar-refractivity contribution is -0.151. The van der Waals surface area contributed by atoms with E-state index in [2.05, 4.69) is 47.6 Å². The predicted octanol–water partition coefficient (Wildman–Crippen LogP) is 16.4. The van der Waals surface area contributed by atoms with Gasteiger partial charge in [-0.1, -0.05) is 148 Å². The van der Waals surface area contributed by atoms with Crippen molar-refractivity contribution >= 4 is 17.8 Å². The van der Waals surface area contributed by atoms with Crippen molar-refractivity contribution in [1.29, 1.82) is 0 Å². The molecular weight excluding hydrogens is 789 g/mol. The highest BCUT2D eigenvalue weighted by Crippen LogP contribution is 2.67. The molecule has 2 aromatic rings. The summed E-state index contributed by atoms with van der Waals surface area (Å²) in [6.07, 6.45) is 35.3. The van der Waals surface area contributed by atoms with E-state index in [1.807, 2.05) is 54.6 Å². The highest BCUT2D eigenvalue weighted by molar-refractivity contribution is 6.06. The van der Waals surface area contributed by atoms with Crippen molar-refractivity contribution in [1.82, 2.24) is 0 Å². The third kappa shape index (κ3) is 13.9. The standard InChI is InChI=1S/C59H88O5/c1-7-8-9-10-11-12-13-14-15-17-41-62-49-29-23-46(24-30-49)25-36-56(60)47-26-31-50(32-27-47)63-42-18-16-22-57(61)64-51-37-39-58(5)48(43-51)28-33-52-54-35-34-53(45(4)21-19-20-44(2)3)59(54,6)40-38-55(52)58/h23-32,36,44-45,51-55H,7-22,33-35,37-43H2,1-6H3/b36-25+/t45-,51+,52+,53-,54+,55+,58+,59-/m1/s1. The normalized spacial score (nSPS) is 26.8. The Bertz CT molecular complexity index is 1770. The van der Waals surface area contributed by atoms with Crippen LogP contribution in [0.25, 0.3) is 6.08 Å². The monoisotopic (exact) mass is 877 g/mol. The minimum absolute atomic E-state index is 0.0103. The fourth-order valence-corrected chi connectivity index (χ4v) is 13.0. The highest BCUT2D eigenvalue weighted by atomic mass is 16.5. The highest BCUT2D eigenvalue weighted by Gasteiger charge is 2.59. The average molecular weight is 877 g/mol. The van der Waals surface area contributed by atoms with E-state index in [9.17, 15) is 9.59 Å². The zero-order valence-electron chi connectivity index (χ0n) is 41.3. The molecule has 0 aliphatic heterocycles. The number of fused-ring (bicyclic) bond motifs is 5. The second kappa shape index (κ2) is 25.0. The summed E-state index contributed by atoms with van der Waals surface area (Å²) in [6.45, 7) is 16.1. The van der Waals surface area contributed by atoms with E-state index in [0.29, 0.717) is 24.0 Å². The molecule has 0 spiro atoms. The Kier molecular flexibility index (Phi) is 19.5. The molecule has 0 N–H and O–H groups in total. The van der Waals surface area contributed by atoms with Crippen molar-refractivity contribution < 1.29 is 23.8 Å². The van der Waals surface area contributed by atoms with Gasteiger partial charge in [0.2, 0.25) is 0 Å². The number of ether oxygens (including phenoxy) is 3. The minimum atomic E-state index is -0.0735. The number of ketones is 1. The molecule has 64 heavy (non-hydrogen) atoms. The maximum atomic E-state index is 13.0. The molecule has 0 unspecified atom stereocenters. The van der Waals surface area contributed by atoms with Gasteiger partial charge in [0.1, 0.15) is 17.6 Å². The van der Waals surface area contributed by atoms with Gasteiger partial charge >= 0.3 is 5.97 Å². The van der Waals surface area contributed by atoms with Crippen molar-refractivity contribution in [3.05, 3.63) is 77.4 Å². The Labute approximate surface area is 390 Å². The van der Waals surface area contributed by atoms with E-state index in [-0.39, 0.29) is 23.3 Å². The third-order valence-corrected chi connectivity index (χ3v) is 16.8. The van der Waals surface area contributed by atoms with Crippen molar-refractivity contribution in [2.75, 3.05) is 13.2 Å². The molecule has 5 nitrogen and oxygen atoms in total. The Balaban J connectivity index is 0.834. The van der Waals surface area contributed by atoms with Gasteiger partial charge in [0.05, 0.1) is 13.2 Å². The summed E-state index contributed by atoms with van der Waals surface area (Å²) in [5.74, 6) is 6.51. The molecule has 5 heteroatoms. The largest absolute Gasteiger partial charge is 0.494 e. The van der Waals surface area contributed by atoms with Crippen molar-refractivity contribution in [2.24, 2.45) is 46.3 Å². The molecule has 0 radical (unpaired) electrons. The van der Waals surface area contributed by atoms with Crippen molar-refractivity contribution in [3.63, 3.8) is 0 Å². The van der Waals surface area contributed by atoms with Gasteiger partial charge in [0.25, 0.3) is 0 Å². The summed E-state index contributed by atoms with van der Waals surface area (Å²) in [4.78, 5) is 25.9. The molecule has 6 rings (SSSR count). The summed E-state index contributed by atoms with van der Waals surface area (Å²) in [5, 5.41) is 0. The van der Waals surface area contributed by atoms with Gasteiger partial charge in [-0.2, -0.15) is 0 Å². The number of carbonyl (C=O) groups excluding carboxylic acids is 2. The zero-order chi connectivity index (χ0) is 45.4. The minimum Gasteiger partial charge on any atom is -0.494 e. The SMILES string of the molecule is CCCCCCCCCCCCOc1ccc(/C=C/C(=O)c2ccc(OCCCCC(=O)O[C@H]3CC[C@@]4(C)C(=CC[C@H]5[C@@H]6CC[C@H]([C@H](C)CCCC(C)C)[C@@]6(C)CC[C@@H]54)C3)cc2)cc1. The van der Waals surface area contributed by atoms with Crippen LogP contribution in [-0.4, -0.2) is 31.1 Å². The van der Waals surface area contributed by atoms with Gasteiger partial charge in [-0.25, -0.2) is 0 Å². The molecule has 0 heterocycles. The maximum Gasteiger partial charge on any atom is 0.306 e. The molecule has 4 aliphatic carbocycles. The van der Waals surface area contributed by atoms with E-state index in [4.69, 9.17) is 14.2 Å². The van der Waals surface area contributed by atoms with Crippen molar-refractivity contribution in [3.8, 4) is 11.5 Å². The molecule has 2 aromatic carbocycles. The van der Waals surface area contributed by atoms with Gasteiger partial charge in [0, 0.05) is 18.4 Å². The first-order chi connectivity index (χ1) is 31.0. The quantitative estimate of drug-likeness (QED) is 0.0294. The molecule has 0 bridgehead atoms.